The van der Waals surface area contributed by atoms with E-state index in [0.29, 0.717) is 5.54 Å². The van der Waals surface area contributed by atoms with Gasteiger partial charge in [0.05, 0.1) is 6.07 Å². The molecule has 0 bridgehead atoms. The summed E-state index contributed by atoms with van der Waals surface area (Å²) in [4.78, 5) is 0. The zero-order valence-corrected chi connectivity index (χ0v) is 13.8. The smallest absolute Gasteiger partial charge is 0.198 e. The highest BCUT2D eigenvalue weighted by Crippen LogP contribution is 2.31. The molecule has 0 aliphatic heterocycles. The molecule has 0 spiro atoms. The van der Waals surface area contributed by atoms with Gasteiger partial charge in [-0.15, -0.1) is 0 Å². The summed E-state index contributed by atoms with van der Waals surface area (Å²) >= 11 is 12.3. The molecule has 0 aliphatic rings. The minimum absolute atomic E-state index is 0.142. The highest BCUT2D eigenvalue weighted by Gasteiger charge is 2.22. The number of unbranched alkanes of at least 4 members (excludes halogenated alkanes) is 4. The molecule has 1 nitrogen and oxygen atoms in total. The SMILES string of the molecule is CCCCCCCC(CC(C#N)CC)[SiH](Cl)Cl. The van der Waals surface area contributed by atoms with E-state index >= 15 is 0 Å². The average Bonchev–Trinajstić information content (AvgIpc) is 2.32. The van der Waals surface area contributed by atoms with Gasteiger partial charge in [-0.25, -0.2) is 0 Å². The zero-order chi connectivity index (χ0) is 13.1. The number of nitrogens with zero attached hydrogens (tertiary/aromatic N) is 1. The number of hydrogen-bond acceptors (Lipinski definition) is 1. The molecular formula is C13H25Cl2NSi. The Morgan fingerprint density at radius 1 is 1.12 bits per heavy atom. The van der Waals surface area contributed by atoms with E-state index < -0.39 is 7.42 Å². The largest absolute Gasteiger partial charge is 0.240 e. The highest BCUT2D eigenvalue weighted by atomic mass is 35.7. The molecule has 0 saturated heterocycles. The molecule has 0 saturated carbocycles. The van der Waals surface area contributed by atoms with Gasteiger partial charge < -0.3 is 0 Å². The van der Waals surface area contributed by atoms with Gasteiger partial charge in [0.2, 0.25) is 7.42 Å². The first-order valence-corrected chi connectivity index (χ1v) is 11.0. The summed E-state index contributed by atoms with van der Waals surface area (Å²) in [5.41, 5.74) is 0.421. The van der Waals surface area contributed by atoms with Crippen molar-refractivity contribution in [2.24, 2.45) is 5.92 Å². The van der Waals surface area contributed by atoms with Crippen LogP contribution < -0.4 is 0 Å². The lowest BCUT2D eigenvalue weighted by molar-refractivity contribution is 0.511. The molecule has 0 rings (SSSR count). The fourth-order valence-corrected chi connectivity index (χ4v) is 4.43. The maximum absolute atomic E-state index is 8.98. The molecule has 0 amide bonds. The van der Waals surface area contributed by atoms with Crippen molar-refractivity contribution in [2.75, 3.05) is 0 Å². The van der Waals surface area contributed by atoms with Crippen molar-refractivity contribution in [3.8, 4) is 6.07 Å². The molecule has 100 valence electrons. The molecule has 0 aromatic rings. The van der Waals surface area contributed by atoms with Crippen molar-refractivity contribution in [3.63, 3.8) is 0 Å². The van der Waals surface area contributed by atoms with E-state index in [1.54, 1.807) is 0 Å². The predicted molar refractivity (Wildman–Crippen MR) is 80.0 cm³/mol. The van der Waals surface area contributed by atoms with Crippen LogP contribution in [-0.2, 0) is 0 Å². The molecule has 0 aromatic carbocycles. The van der Waals surface area contributed by atoms with Crippen LogP contribution in [0.5, 0.6) is 0 Å². The van der Waals surface area contributed by atoms with Crippen molar-refractivity contribution in [3.05, 3.63) is 0 Å². The van der Waals surface area contributed by atoms with E-state index in [1.165, 1.54) is 32.1 Å². The third-order valence-corrected chi connectivity index (χ3v) is 6.75. The van der Waals surface area contributed by atoms with Crippen molar-refractivity contribution < 1.29 is 0 Å². The molecule has 2 unspecified atom stereocenters. The molecular weight excluding hydrogens is 269 g/mol. The molecule has 2 atom stereocenters. The van der Waals surface area contributed by atoms with Crippen molar-refractivity contribution in [2.45, 2.75) is 70.8 Å². The van der Waals surface area contributed by atoms with Gasteiger partial charge in [-0.3, -0.25) is 0 Å². The Morgan fingerprint density at radius 3 is 2.24 bits per heavy atom. The monoisotopic (exact) mass is 293 g/mol. The van der Waals surface area contributed by atoms with Crippen LogP contribution in [0.25, 0.3) is 0 Å². The van der Waals surface area contributed by atoms with Crippen LogP contribution in [0.1, 0.15) is 65.2 Å². The van der Waals surface area contributed by atoms with E-state index in [9.17, 15) is 0 Å². The number of halogens is 2. The van der Waals surface area contributed by atoms with Gasteiger partial charge in [-0.05, 0) is 18.4 Å². The Labute approximate surface area is 118 Å². The first kappa shape index (κ1) is 17.3. The van der Waals surface area contributed by atoms with E-state index in [1.807, 2.05) is 0 Å². The summed E-state index contributed by atoms with van der Waals surface area (Å²) in [5, 5.41) is 8.98. The van der Waals surface area contributed by atoms with Gasteiger partial charge in [-0.2, -0.15) is 27.4 Å². The Balaban J connectivity index is 3.87. The van der Waals surface area contributed by atoms with Crippen LogP contribution in [0.15, 0.2) is 0 Å². The summed E-state index contributed by atoms with van der Waals surface area (Å²) < 4.78 is 0. The molecule has 0 radical (unpaired) electrons. The van der Waals surface area contributed by atoms with Gasteiger partial charge in [0.25, 0.3) is 0 Å². The average molecular weight is 294 g/mol. The van der Waals surface area contributed by atoms with E-state index in [-0.39, 0.29) is 5.92 Å². The summed E-state index contributed by atoms with van der Waals surface area (Å²) in [6, 6.07) is 2.35. The third-order valence-electron chi connectivity index (χ3n) is 3.30. The lowest BCUT2D eigenvalue weighted by Gasteiger charge is -2.18. The maximum atomic E-state index is 8.98. The summed E-state index contributed by atoms with van der Waals surface area (Å²) in [7, 11) is -1.63. The highest BCUT2D eigenvalue weighted by molar-refractivity contribution is 7.34. The summed E-state index contributed by atoms with van der Waals surface area (Å²) in [6.07, 6.45) is 9.35. The quantitative estimate of drug-likeness (QED) is 0.302. The van der Waals surface area contributed by atoms with Crippen LogP contribution in [0.4, 0.5) is 0 Å². The van der Waals surface area contributed by atoms with Gasteiger partial charge in [-0.1, -0.05) is 52.4 Å². The number of nitriles is 1. The van der Waals surface area contributed by atoms with Crippen LogP contribution in [0.3, 0.4) is 0 Å². The molecule has 0 heterocycles. The predicted octanol–water partition coefficient (Wildman–Crippen LogP) is 5.36. The second-order valence-corrected chi connectivity index (χ2v) is 9.87. The molecule has 0 aliphatic carbocycles. The van der Waals surface area contributed by atoms with Crippen molar-refractivity contribution in [1.29, 1.82) is 5.26 Å². The van der Waals surface area contributed by atoms with Crippen LogP contribution >= 0.6 is 22.2 Å². The number of rotatable bonds is 10. The third kappa shape index (κ3) is 8.94. The van der Waals surface area contributed by atoms with Crippen LogP contribution in [0.2, 0.25) is 5.54 Å². The Morgan fingerprint density at radius 2 is 1.76 bits per heavy atom. The lowest BCUT2D eigenvalue weighted by atomic mass is 9.98. The van der Waals surface area contributed by atoms with Gasteiger partial charge in [0, 0.05) is 5.92 Å². The standard InChI is InChI=1S/C13H25Cl2NSi/c1-3-5-6-7-8-9-13(17(14)15)10-12(4-2)11-16/h12-13,17H,3-10H2,1-2H3. The Bertz CT molecular complexity index is 216. The van der Waals surface area contributed by atoms with E-state index in [2.05, 4.69) is 19.9 Å². The minimum atomic E-state index is -1.63. The second-order valence-electron chi connectivity index (χ2n) is 4.77. The summed E-state index contributed by atoms with van der Waals surface area (Å²) in [6.45, 7) is 4.28. The van der Waals surface area contributed by atoms with E-state index in [4.69, 9.17) is 27.4 Å². The van der Waals surface area contributed by atoms with Crippen LogP contribution in [-0.4, -0.2) is 7.42 Å². The van der Waals surface area contributed by atoms with Gasteiger partial charge in [0.15, 0.2) is 0 Å². The first-order chi connectivity index (χ1) is 8.15. The normalized spacial score (nSPS) is 14.6. The Hall–Kier alpha value is 0.287. The van der Waals surface area contributed by atoms with E-state index in [0.717, 1.165) is 19.3 Å². The van der Waals surface area contributed by atoms with Crippen molar-refractivity contribution >= 4 is 29.6 Å². The molecule has 17 heavy (non-hydrogen) atoms. The fraction of sp³-hybridized carbons (Fsp3) is 0.923. The molecule has 0 aromatic heterocycles. The first-order valence-electron chi connectivity index (χ1n) is 6.83. The molecule has 0 fully saturated rings. The minimum Gasteiger partial charge on any atom is -0.198 e. The van der Waals surface area contributed by atoms with Crippen molar-refractivity contribution in [1.82, 2.24) is 0 Å². The number of hydrogen-bond donors (Lipinski definition) is 0. The van der Waals surface area contributed by atoms with Gasteiger partial charge >= 0.3 is 0 Å². The van der Waals surface area contributed by atoms with Gasteiger partial charge in [0.1, 0.15) is 0 Å². The molecule has 0 N–H and O–H groups in total. The second kappa shape index (κ2) is 11.4. The molecule has 4 heteroatoms. The Kier molecular flexibility index (Phi) is 11.6. The zero-order valence-electron chi connectivity index (χ0n) is 11.1. The maximum Gasteiger partial charge on any atom is 0.240 e. The topological polar surface area (TPSA) is 23.8 Å². The van der Waals surface area contributed by atoms with Crippen LogP contribution in [0, 0.1) is 17.2 Å². The lowest BCUT2D eigenvalue weighted by Crippen LogP contribution is -2.12. The fourth-order valence-electron chi connectivity index (χ4n) is 2.03. The summed E-state index contributed by atoms with van der Waals surface area (Å²) in [5.74, 6) is 0.142.